The topological polar surface area (TPSA) is 0 Å². The minimum absolute atomic E-state index is 0.417. The molecule has 0 fully saturated rings. The molecule has 0 nitrogen and oxygen atoms in total. The fraction of sp³-hybridized carbons (Fsp3) is 1.00. The van der Waals surface area contributed by atoms with E-state index >= 15 is 0 Å². The first-order chi connectivity index (χ1) is 7.40. The van der Waals surface area contributed by atoms with Crippen LogP contribution in [0.2, 0.25) is 0 Å². The monoisotopic (exact) mass is 240 g/mol. The Morgan fingerprint density at radius 3 is 1.47 bits per heavy atom. The molecule has 0 aromatic heterocycles. The molecular formula is C17H36. The standard InChI is InChI=1S/C17H36/c1-14(2)16(6,7)12-10-11-13-17(8,9)15(3,4)5/h14H,10-13H2,1-9H3. The predicted molar refractivity (Wildman–Crippen MR) is 80.3 cm³/mol. The lowest BCUT2D eigenvalue weighted by molar-refractivity contribution is 0.112. The van der Waals surface area contributed by atoms with E-state index in [4.69, 9.17) is 0 Å². The lowest BCUT2D eigenvalue weighted by Gasteiger charge is -2.39. The second kappa shape index (κ2) is 5.76. The van der Waals surface area contributed by atoms with Gasteiger partial charge >= 0.3 is 0 Å². The second-order valence-corrected chi connectivity index (χ2v) is 8.48. The zero-order chi connectivity index (χ0) is 13.9. The molecule has 0 rings (SSSR count). The smallest absolute Gasteiger partial charge is 0.0306 e. The first-order valence-electron chi connectivity index (χ1n) is 7.40. The third kappa shape index (κ3) is 5.44. The Bertz CT molecular complexity index is 213. The van der Waals surface area contributed by atoms with Crippen LogP contribution in [0.1, 0.15) is 88.0 Å². The van der Waals surface area contributed by atoms with Crippen molar-refractivity contribution in [2.45, 2.75) is 88.0 Å². The lowest BCUT2D eigenvalue weighted by atomic mass is 9.66. The number of hydrogen-bond donors (Lipinski definition) is 0. The molecule has 0 N–H and O–H groups in total. The average Bonchev–Trinajstić information content (AvgIpc) is 2.10. The molecule has 0 unspecified atom stereocenters. The van der Waals surface area contributed by atoms with Crippen LogP contribution in [0, 0.1) is 22.2 Å². The van der Waals surface area contributed by atoms with E-state index in [0.29, 0.717) is 16.2 Å². The summed E-state index contributed by atoms with van der Waals surface area (Å²) in [6.07, 6.45) is 5.47. The van der Waals surface area contributed by atoms with E-state index < -0.39 is 0 Å². The molecule has 0 spiro atoms. The molecule has 0 bridgehead atoms. The zero-order valence-corrected chi connectivity index (χ0v) is 13.9. The largest absolute Gasteiger partial charge is 0.0623 e. The maximum absolute atomic E-state index is 2.42. The Kier molecular flexibility index (Phi) is 5.76. The van der Waals surface area contributed by atoms with Crippen LogP contribution in [-0.2, 0) is 0 Å². The van der Waals surface area contributed by atoms with Crippen molar-refractivity contribution in [1.82, 2.24) is 0 Å². The molecule has 0 heterocycles. The van der Waals surface area contributed by atoms with Crippen LogP contribution >= 0.6 is 0 Å². The molecule has 0 aliphatic carbocycles. The third-order valence-electron chi connectivity index (χ3n) is 5.47. The fourth-order valence-electron chi connectivity index (χ4n) is 1.81. The first-order valence-corrected chi connectivity index (χ1v) is 7.40. The molecular weight excluding hydrogens is 204 g/mol. The highest BCUT2D eigenvalue weighted by Crippen LogP contribution is 2.42. The van der Waals surface area contributed by atoms with E-state index in [0.717, 1.165) is 5.92 Å². The molecule has 0 heteroatoms. The zero-order valence-electron chi connectivity index (χ0n) is 13.9. The molecule has 0 aromatic carbocycles. The summed E-state index contributed by atoms with van der Waals surface area (Å²) >= 11 is 0. The summed E-state index contributed by atoms with van der Waals surface area (Å²) in [7, 11) is 0. The molecule has 17 heavy (non-hydrogen) atoms. The Morgan fingerprint density at radius 2 is 1.12 bits per heavy atom. The molecule has 0 saturated heterocycles. The lowest BCUT2D eigenvalue weighted by Crippen LogP contribution is -2.29. The normalized spacial score (nSPS) is 14.5. The molecule has 0 amide bonds. The van der Waals surface area contributed by atoms with Gasteiger partial charge in [-0.15, -0.1) is 0 Å². The van der Waals surface area contributed by atoms with Gasteiger partial charge in [0.2, 0.25) is 0 Å². The summed E-state index contributed by atoms with van der Waals surface area (Å²) in [5.41, 5.74) is 1.38. The number of hydrogen-bond acceptors (Lipinski definition) is 0. The number of unbranched alkanes of at least 4 members (excludes halogenated alkanes) is 1. The van der Waals surface area contributed by atoms with Crippen LogP contribution in [0.15, 0.2) is 0 Å². The van der Waals surface area contributed by atoms with Gasteiger partial charge in [-0.1, -0.05) is 75.2 Å². The van der Waals surface area contributed by atoms with Crippen LogP contribution in [0.4, 0.5) is 0 Å². The summed E-state index contributed by atoms with van der Waals surface area (Å²) in [6, 6.07) is 0. The van der Waals surface area contributed by atoms with Gasteiger partial charge in [0.05, 0.1) is 0 Å². The van der Waals surface area contributed by atoms with Crippen LogP contribution in [-0.4, -0.2) is 0 Å². The summed E-state index contributed by atoms with van der Waals surface area (Å²) < 4.78 is 0. The van der Waals surface area contributed by atoms with E-state index in [1.165, 1.54) is 25.7 Å². The van der Waals surface area contributed by atoms with Crippen LogP contribution < -0.4 is 0 Å². The van der Waals surface area contributed by atoms with Gasteiger partial charge in [0, 0.05) is 0 Å². The molecule has 0 radical (unpaired) electrons. The minimum atomic E-state index is 0.417. The Balaban J connectivity index is 4.02. The molecule has 0 aliphatic heterocycles. The van der Waals surface area contributed by atoms with Crippen molar-refractivity contribution < 1.29 is 0 Å². The first kappa shape index (κ1) is 17.0. The van der Waals surface area contributed by atoms with Gasteiger partial charge in [0.15, 0.2) is 0 Å². The van der Waals surface area contributed by atoms with Crippen LogP contribution in [0.5, 0.6) is 0 Å². The van der Waals surface area contributed by atoms with Crippen LogP contribution in [0.25, 0.3) is 0 Å². The predicted octanol–water partition coefficient (Wildman–Crippen LogP) is 6.30. The van der Waals surface area contributed by atoms with Gasteiger partial charge in [0.25, 0.3) is 0 Å². The quantitative estimate of drug-likeness (QED) is 0.478. The van der Waals surface area contributed by atoms with Crippen molar-refractivity contribution in [2.75, 3.05) is 0 Å². The van der Waals surface area contributed by atoms with Gasteiger partial charge in [-0.25, -0.2) is 0 Å². The van der Waals surface area contributed by atoms with E-state index in [9.17, 15) is 0 Å². The minimum Gasteiger partial charge on any atom is -0.0623 e. The van der Waals surface area contributed by atoms with Gasteiger partial charge in [0.1, 0.15) is 0 Å². The Labute approximate surface area is 111 Å². The average molecular weight is 240 g/mol. The third-order valence-corrected chi connectivity index (χ3v) is 5.47. The van der Waals surface area contributed by atoms with Crippen molar-refractivity contribution in [3.63, 3.8) is 0 Å². The highest BCUT2D eigenvalue weighted by atomic mass is 14.4. The summed E-state index contributed by atoms with van der Waals surface area (Å²) in [6.45, 7) is 21.4. The van der Waals surface area contributed by atoms with Crippen molar-refractivity contribution in [2.24, 2.45) is 22.2 Å². The van der Waals surface area contributed by atoms with Gasteiger partial charge < -0.3 is 0 Å². The maximum atomic E-state index is 2.42. The van der Waals surface area contributed by atoms with E-state index in [1.807, 2.05) is 0 Å². The highest BCUT2D eigenvalue weighted by molar-refractivity contribution is 4.82. The van der Waals surface area contributed by atoms with Gasteiger partial charge in [-0.05, 0) is 35.0 Å². The summed E-state index contributed by atoms with van der Waals surface area (Å²) in [4.78, 5) is 0. The van der Waals surface area contributed by atoms with Gasteiger partial charge in [-0.3, -0.25) is 0 Å². The van der Waals surface area contributed by atoms with Crippen molar-refractivity contribution in [1.29, 1.82) is 0 Å². The summed E-state index contributed by atoms with van der Waals surface area (Å²) in [5, 5.41) is 0. The SMILES string of the molecule is CC(C)C(C)(C)CCCCC(C)(C)C(C)(C)C. The van der Waals surface area contributed by atoms with E-state index in [2.05, 4.69) is 62.3 Å². The highest BCUT2D eigenvalue weighted by Gasteiger charge is 2.32. The molecule has 0 aliphatic rings. The molecule has 0 atom stereocenters. The molecule has 0 saturated carbocycles. The second-order valence-electron chi connectivity index (χ2n) is 8.48. The van der Waals surface area contributed by atoms with E-state index in [-0.39, 0.29) is 0 Å². The number of rotatable bonds is 6. The van der Waals surface area contributed by atoms with Crippen molar-refractivity contribution >= 4 is 0 Å². The molecule has 104 valence electrons. The van der Waals surface area contributed by atoms with Crippen molar-refractivity contribution in [3.8, 4) is 0 Å². The summed E-state index contributed by atoms with van der Waals surface area (Å²) in [5.74, 6) is 0.790. The Hall–Kier alpha value is 0. The Morgan fingerprint density at radius 1 is 0.706 bits per heavy atom. The maximum Gasteiger partial charge on any atom is -0.0306 e. The fourth-order valence-corrected chi connectivity index (χ4v) is 1.81. The van der Waals surface area contributed by atoms with Gasteiger partial charge in [-0.2, -0.15) is 0 Å². The van der Waals surface area contributed by atoms with Crippen molar-refractivity contribution in [3.05, 3.63) is 0 Å². The molecule has 0 aromatic rings. The van der Waals surface area contributed by atoms with E-state index in [1.54, 1.807) is 0 Å². The van der Waals surface area contributed by atoms with Crippen LogP contribution in [0.3, 0.4) is 0 Å².